The number of rotatable bonds is 8. The Morgan fingerprint density at radius 3 is 2.54 bits per heavy atom. The lowest BCUT2D eigenvalue weighted by Gasteiger charge is -2.27. The third-order valence-electron chi connectivity index (χ3n) is 5.85. The van der Waals surface area contributed by atoms with Gasteiger partial charge in [0, 0.05) is 10.0 Å². The summed E-state index contributed by atoms with van der Waals surface area (Å²) in [7, 11) is 3.20. The number of carbonyl (C=O) groups is 1. The SMILES string of the molecule is CCCC1=C(C(=O)OCC)[C@H](c2cc(Br)ccc2OC)n2c(s/c(=C/c3ccc(OC)c(I)c3)c2=O)=N1. The van der Waals surface area contributed by atoms with Crippen molar-refractivity contribution in [1.82, 2.24) is 4.57 Å². The summed E-state index contributed by atoms with van der Waals surface area (Å²) in [5, 5.41) is 0. The van der Waals surface area contributed by atoms with E-state index in [0.29, 0.717) is 38.3 Å². The number of esters is 1. The van der Waals surface area contributed by atoms with Crippen molar-refractivity contribution in [1.29, 1.82) is 0 Å². The van der Waals surface area contributed by atoms with Gasteiger partial charge in [-0.05, 0) is 77.9 Å². The summed E-state index contributed by atoms with van der Waals surface area (Å²) in [5.74, 6) is 0.844. The first-order chi connectivity index (χ1) is 17.8. The van der Waals surface area contributed by atoms with Crippen molar-refractivity contribution in [3.8, 4) is 11.5 Å². The minimum atomic E-state index is -0.748. The van der Waals surface area contributed by atoms with E-state index in [1.54, 1.807) is 25.7 Å². The molecule has 194 valence electrons. The largest absolute Gasteiger partial charge is 0.496 e. The van der Waals surface area contributed by atoms with Crippen molar-refractivity contribution < 1.29 is 19.0 Å². The Morgan fingerprint density at radius 1 is 1.16 bits per heavy atom. The predicted octanol–water partition coefficient (Wildman–Crippen LogP) is 4.96. The Balaban J connectivity index is 2.03. The molecule has 1 atom stereocenters. The van der Waals surface area contributed by atoms with Gasteiger partial charge in [0.25, 0.3) is 5.56 Å². The van der Waals surface area contributed by atoms with Gasteiger partial charge in [0.15, 0.2) is 4.80 Å². The first-order valence-electron chi connectivity index (χ1n) is 11.7. The van der Waals surface area contributed by atoms with Crippen LogP contribution in [-0.4, -0.2) is 31.4 Å². The van der Waals surface area contributed by atoms with Crippen LogP contribution < -0.4 is 24.4 Å². The molecule has 4 rings (SSSR count). The molecule has 37 heavy (non-hydrogen) atoms. The molecule has 0 fully saturated rings. The molecule has 0 bridgehead atoms. The lowest BCUT2D eigenvalue weighted by molar-refractivity contribution is -0.139. The number of hydrogen-bond acceptors (Lipinski definition) is 7. The average Bonchev–Trinajstić information content (AvgIpc) is 3.18. The Labute approximate surface area is 240 Å². The maximum atomic E-state index is 13.9. The van der Waals surface area contributed by atoms with Gasteiger partial charge in [-0.25, -0.2) is 9.79 Å². The van der Waals surface area contributed by atoms with Crippen LogP contribution in [0.1, 0.15) is 43.9 Å². The number of methoxy groups -OCH3 is 2. The zero-order valence-corrected chi connectivity index (χ0v) is 25.4. The molecule has 0 N–H and O–H groups in total. The molecule has 10 heteroatoms. The summed E-state index contributed by atoms with van der Waals surface area (Å²) in [6, 6.07) is 10.5. The highest BCUT2D eigenvalue weighted by Crippen LogP contribution is 2.38. The molecule has 0 saturated carbocycles. The first-order valence-corrected chi connectivity index (χ1v) is 14.4. The molecule has 2 aromatic carbocycles. The van der Waals surface area contributed by atoms with E-state index in [0.717, 1.165) is 25.8 Å². The van der Waals surface area contributed by atoms with Gasteiger partial charge < -0.3 is 14.2 Å². The quantitative estimate of drug-likeness (QED) is 0.246. The van der Waals surface area contributed by atoms with E-state index in [2.05, 4.69) is 38.5 Å². The lowest BCUT2D eigenvalue weighted by atomic mass is 9.93. The van der Waals surface area contributed by atoms with Crippen molar-refractivity contribution in [3.63, 3.8) is 0 Å². The highest BCUT2D eigenvalue weighted by Gasteiger charge is 2.36. The number of hydrogen-bond donors (Lipinski definition) is 0. The van der Waals surface area contributed by atoms with Gasteiger partial charge in [-0.1, -0.05) is 46.7 Å². The van der Waals surface area contributed by atoms with Gasteiger partial charge >= 0.3 is 5.97 Å². The Morgan fingerprint density at radius 2 is 1.89 bits per heavy atom. The van der Waals surface area contributed by atoms with Crippen LogP contribution in [0.3, 0.4) is 0 Å². The molecule has 2 heterocycles. The number of nitrogens with zero attached hydrogens (tertiary/aromatic N) is 2. The van der Waals surface area contributed by atoms with E-state index in [9.17, 15) is 9.59 Å². The molecule has 1 aromatic heterocycles. The molecule has 7 nitrogen and oxygen atoms in total. The number of carbonyl (C=O) groups excluding carboxylic acids is 1. The van der Waals surface area contributed by atoms with Crippen molar-refractivity contribution >= 4 is 61.9 Å². The van der Waals surface area contributed by atoms with Crippen LogP contribution in [0.4, 0.5) is 0 Å². The molecular formula is C27H26BrIN2O5S. The van der Waals surface area contributed by atoms with Crippen LogP contribution in [0, 0.1) is 3.57 Å². The van der Waals surface area contributed by atoms with Gasteiger partial charge in [-0.3, -0.25) is 9.36 Å². The normalized spacial score (nSPS) is 15.3. The second kappa shape index (κ2) is 12.0. The third-order valence-corrected chi connectivity index (χ3v) is 8.17. The minimum Gasteiger partial charge on any atom is -0.496 e. The highest BCUT2D eigenvalue weighted by atomic mass is 127. The monoisotopic (exact) mass is 696 g/mol. The van der Waals surface area contributed by atoms with Crippen LogP contribution in [0.5, 0.6) is 11.5 Å². The average molecular weight is 697 g/mol. The zero-order valence-electron chi connectivity index (χ0n) is 20.8. The second-order valence-electron chi connectivity index (χ2n) is 8.19. The number of aromatic nitrogens is 1. The summed E-state index contributed by atoms with van der Waals surface area (Å²) in [5.41, 5.74) is 2.29. The summed E-state index contributed by atoms with van der Waals surface area (Å²) in [4.78, 5) is 32.6. The number of thiazole rings is 1. The Bertz CT molecular complexity index is 1560. The molecule has 0 spiro atoms. The second-order valence-corrected chi connectivity index (χ2v) is 11.3. The fraction of sp³-hybridized carbons (Fsp3) is 0.296. The molecule has 0 amide bonds. The topological polar surface area (TPSA) is 79.1 Å². The van der Waals surface area contributed by atoms with E-state index >= 15 is 0 Å². The van der Waals surface area contributed by atoms with Crippen molar-refractivity contribution in [2.75, 3.05) is 20.8 Å². The predicted molar refractivity (Wildman–Crippen MR) is 156 cm³/mol. The van der Waals surface area contributed by atoms with Crippen LogP contribution in [0.25, 0.3) is 6.08 Å². The fourth-order valence-electron chi connectivity index (χ4n) is 4.26. The number of ether oxygens (including phenoxy) is 3. The summed E-state index contributed by atoms with van der Waals surface area (Å²) in [6.45, 7) is 4.00. The molecule has 0 radical (unpaired) electrons. The van der Waals surface area contributed by atoms with E-state index in [1.165, 1.54) is 11.3 Å². The van der Waals surface area contributed by atoms with Crippen LogP contribution in [0.2, 0.25) is 0 Å². The number of fused-ring (bicyclic) bond motifs is 1. The van der Waals surface area contributed by atoms with Gasteiger partial charge in [0.05, 0.1) is 40.2 Å². The van der Waals surface area contributed by atoms with Gasteiger partial charge in [-0.2, -0.15) is 0 Å². The highest BCUT2D eigenvalue weighted by molar-refractivity contribution is 14.1. The lowest BCUT2D eigenvalue weighted by Crippen LogP contribution is -2.40. The number of allylic oxidation sites excluding steroid dienone is 1. The summed E-state index contributed by atoms with van der Waals surface area (Å²) >= 11 is 7.05. The van der Waals surface area contributed by atoms with Gasteiger partial charge in [0.1, 0.15) is 17.5 Å². The molecule has 0 unspecified atom stereocenters. The van der Waals surface area contributed by atoms with Crippen LogP contribution in [0.15, 0.2) is 61.9 Å². The molecule has 1 aliphatic heterocycles. The standard InChI is InChI=1S/C27H26BrIN2O5S/c1-5-7-19-23(26(33)36-6-2)24(17-14-16(28)9-11-20(17)34-3)31-25(32)22(37-27(31)30-19)13-15-8-10-21(35-4)18(29)12-15/h8-14,24H,5-7H2,1-4H3/b22-13+/t24-/m0/s1. The van der Waals surface area contributed by atoms with Crippen LogP contribution >= 0.6 is 49.9 Å². The third kappa shape index (κ3) is 5.56. The Kier molecular flexibility index (Phi) is 8.91. The molecule has 1 aliphatic rings. The van der Waals surface area contributed by atoms with Crippen LogP contribution in [-0.2, 0) is 9.53 Å². The first kappa shape index (κ1) is 27.6. The maximum absolute atomic E-state index is 13.9. The van der Waals surface area contributed by atoms with E-state index in [1.807, 2.05) is 49.4 Å². The smallest absolute Gasteiger partial charge is 0.338 e. The van der Waals surface area contributed by atoms with Crippen molar-refractivity contribution in [2.24, 2.45) is 4.99 Å². The minimum absolute atomic E-state index is 0.213. The summed E-state index contributed by atoms with van der Waals surface area (Å²) in [6.07, 6.45) is 3.19. The number of benzene rings is 2. The molecule has 3 aromatic rings. The Hall–Kier alpha value is -2.44. The van der Waals surface area contributed by atoms with E-state index < -0.39 is 12.0 Å². The van der Waals surface area contributed by atoms with E-state index in [4.69, 9.17) is 19.2 Å². The van der Waals surface area contributed by atoms with Gasteiger partial charge in [0.2, 0.25) is 0 Å². The summed E-state index contributed by atoms with van der Waals surface area (Å²) < 4.78 is 20.3. The number of halogens is 2. The van der Waals surface area contributed by atoms with Gasteiger partial charge in [-0.15, -0.1) is 0 Å². The molecular weight excluding hydrogens is 671 g/mol. The zero-order chi connectivity index (χ0) is 26.7. The maximum Gasteiger partial charge on any atom is 0.338 e. The van der Waals surface area contributed by atoms with E-state index in [-0.39, 0.29) is 12.2 Å². The molecule has 0 saturated heterocycles. The van der Waals surface area contributed by atoms with Crippen molar-refractivity contribution in [3.05, 3.63) is 86.5 Å². The fourth-order valence-corrected chi connectivity index (χ4v) is 6.42. The van der Waals surface area contributed by atoms with Crippen molar-refractivity contribution in [2.45, 2.75) is 32.7 Å². The molecule has 0 aliphatic carbocycles.